The molecule has 0 aliphatic carbocycles. The van der Waals surface area contributed by atoms with Crippen molar-refractivity contribution in [3.8, 4) is 0 Å². The number of ether oxygens (including phenoxy) is 1. The number of aryl methyl sites for hydroxylation is 1. The largest absolute Gasteiger partial charge is 0.379 e. The van der Waals surface area contributed by atoms with Gasteiger partial charge >= 0.3 is 0 Å². The summed E-state index contributed by atoms with van der Waals surface area (Å²) in [4.78, 5) is 4.24. The summed E-state index contributed by atoms with van der Waals surface area (Å²) in [5.74, 6) is 0. The van der Waals surface area contributed by atoms with Gasteiger partial charge in [-0.1, -0.05) is 0 Å². The van der Waals surface area contributed by atoms with Crippen LogP contribution in [0.1, 0.15) is 53.2 Å². The standard InChI is InChI=1S/C15H29N3O/c1-13(2)19-9-7-6-8-18-12-16-10-14(18)11-17-15(3,4)5/h10,12-13,17H,6-9,11H2,1-5H3. The van der Waals surface area contributed by atoms with Crippen LogP contribution in [0.25, 0.3) is 0 Å². The first kappa shape index (κ1) is 16.2. The number of nitrogens with zero attached hydrogens (tertiary/aromatic N) is 2. The maximum Gasteiger partial charge on any atom is 0.0948 e. The highest BCUT2D eigenvalue weighted by Gasteiger charge is 2.10. The lowest BCUT2D eigenvalue weighted by Crippen LogP contribution is -2.35. The van der Waals surface area contributed by atoms with Crippen molar-refractivity contribution >= 4 is 0 Å². The van der Waals surface area contributed by atoms with Crippen molar-refractivity contribution in [2.75, 3.05) is 6.61 Å². The number of nitrogens with one attached hydrogen (secondary N) is 1. The monoisotopic (exact) mass is 267 g/mol. The summed E-state index contributed by atoms with van der Waals surface area (Å²) in [6, 6.07) is 0. The van der Waals surface area contributed by atoms with E-state index in [9.17, 15) is 0 Å². The predicted octanol–water partition coefficient (Wildman–Crippen LogP) is 2.98. The van der Waals surface area contributed by atoms with E-state index in [0.717, 1.165) is 32.5 Å². The van der Waals surface area contributed by atoms with Crippen LogP contribution >= 0.6 is 0 Å². The molecule has 0 radical (unpaired) electrons. The minimum atomic E-state index is 0.139. The first-order valence-corrected chi connectivity index (χ1v) is 7.24. The number of aromatic nitrogens is 2. The Labute approximate surface area is 117 Å². The molecule has 0 aliphatic heterocycles. The molecule has 0 saturated carbocycles. The van der Waals surface area contributed by atoms with E-state index in [1.54, 1.807) is 0 Å². The number of rotatable bonds is 8. The molecule has 0 unspecified atom stereocenters. The second-order valence-corrected chi connectivity index (χ2v) is 6.31. The number of hydrogen-bond acceptors (Lipinski definition) is 3. The maximum absolute atomic E-state index is 5.55. The lowest BCUT2D eigenvalue weighted by Gasteiger charge is -2.21. The molecule has 110 valence electrons. The maximum atomic E-state index is 5.55. The van der Waals surface area contributed by atoms with Crippen LogP contribution in [0.5, 0.6) is 0 Å². The van der Waals surface area contributed by atoms with Crippen molar-refractivity contribution in [3.63, 3.8) is 0 Å². The van der Waals surface area contributed by atoms with E-state index in [2.05, 4.69) is 49.5 Å². The van der Waals surface area contributed by atoms with Crippen molar-refractivity contribution in [2.45, 2.75) is 72.2 Å². The summed E-state index contributed by atoms with van der Waals surface area (Å²) in [5, 5.41) is 3.50. The molecule has 1 N–H and O–H groups in total. The van der Waals surface area contributed by atoms with Gasteiger partial charge in [-0.05, 0) is 47.5 Å². The lowest BCUT2D eigenvalue weighted by molar-refractivity contribution is 0.0754. The topological polar surface area (TPSA) is 39.1 Å². The van der Waals surface area contributed by atoms with Gasteiger partial charge in [0, 0.05) is 31.4 Å². The minimum absolute atomic E-state index is 0.139. The zero-order valence-electron chi connectivity index (χ0n) is 13.1. The molecule has 4 nitrogen and oxygen atoms in total. The quantitative estimate of drug-likeness (QED) is 0.736. The van der Waals surface area contributed by atoms with Crippen LogP contribution in [0.3, 0.4) is 0 Å². The van der Waals surface area contributed by atoms with Gasteiger partial charge in [-0.25, -0.2) is 4.98 Å². The third-order valence-corrected chi connectivity index (χ3v) is 2.84. The Kier molecular flexibility index (Phi) is 6.52. The number of hydrogen-bond donors (Lipinski definition) is 1. The van der Waals surface area contributed by atoms with Gasteiger partial charge in [0.15, 0.2) is 0 Å². The third-order valence-electron chi connectivity index (χ3n) is 2.84. The van der Waals surface area contributed by atoms with Gasteiger partial charge in [0.2, 0.25) is 0 Å². The molecule has 0 fully saturated rings. The highest BCUT2D eigenvalue weighted by atomic mass is 16.5. The summed E-state index contributed by atoms with van der Waals surface area (Å²) in [5.41, 5.74) is 1.39. The average molecular weight is 267 g/mol. The van der Waals surface area contributed by atoms with Gasteiger partial charge in [0.1, 0.15) is 0 Å². The second-order valence-electron chi connectivity index (χ2n) is 6.31. The molecule has 1 rings (SSSR count). The molecular formula is C15H29N3O. The third kappa shape index (κ3) is 7.33. The molecule has 0 spiro atoms. The molecule has 0 bridgehead atoms. The average Bonchev–Trinajstić information content (AvgIpc) is 2.72. The van der Waals surface area contributed by atoms with E-state index in [-0.39, 0.29) is 5.54 Å². The number of imidazole rings is 1. The second kappa shape index (κ2) is 7.65. The molecule has 1 aromatic heterocycles. The van der Waals surface area contributed by atoms with Gasteiger partial charge in [-0.2, -0.15) is 0 Å². The highest BCUT2D eigenvalue weighted by Crippen LogP contribution is 2.06. The van der Waals surface area contributed by atoms with Gasteiger partial charge in [0.25, 0.3) is 0 Å². The van der Waals surface area contributed by atoms with Crippen LogP contribution in [-0.2, 0) is 17.8 Å². The zero-order valence-corrected chi connectivity index (χ0v) is 13.1. The van der Waals surface area contributed by atoms with Gasteiger partial charge in [-0.15, -0.1) is 0 Å². The predicted molar refractivity (Wildman–Crippen MR) is 79.1 cm³/mol. The van der Waals surface area contributed by atoms with Crippen LogP contribution in [-0.4, -0.2) is 27.8 Å². The first-order chi connectivity index (χ1) is 8.88. The summed E-state index contributed by atoms with van der Waals surface area (Å²) < 4.78 is 7.78. The van der Waals surface area contributed by atoms with E-state index in [4.69, 9.17) is 4.74 Å². The summed E-state index contributed by atoms with van der Waals surface area (Å²) in [6.45, 7) is 13.4. The van der Waals surface area contributed by atoms with Crippen molar-refractivity contribution in [1.82, 2.24) is 14.9 Å². The summed E-state index contributed by atoms with van der Waals surface area (Å²) in [6.07, 6.45) is 6.43. The Morgan fingerprint density at radius 1 is 1.32 bits per heavy atom. The summed E-state index contributed by atoms with van der Waals surface area (Å²) >= 11 is 0. The summed E-state index contributed by atoms with van der Waals surface area (Å²) in [7, 11) is 0. The van der Waals surface area contributed by atoms with Crippen molar-refractivity contribution in [1.29, 1.82) is 0 Å². The Balaban J connectivity index is 2.28. The molecule has 0 atom stereocenters. The fourth-order valence-electron chi connectivity index (χ4n) is 1.76. The molecular weight excluding hydrogens is 238 g/mol. The van der Waals surface area contributed by atoms with Gasteiger partial charge < -0.3 is 14.6 Å². The van der Waals surface area contributed by atoms with E-state index in [1.807, 2.05) is 12.5 Å². The highest BCUT2D eigenvalue weighted by molar-refractivity contribution is 4.98. The van der Waals surface area contributed by atoms with Gasteiger partial charge in [-0.3, -0.25) is 0 Å². The smallest absolute Gasteiger partial charge is 0.0948 e. The van der Waals surface area contributed by atoms with Crippen LogP contribution in [0, 0.1) is 0 Å². The fourth-order valence-corrected chi connectivity index (χ4v) is 1.76. The van der Waals surface area contributed by atoms with Crippen molar-refractivity contribution in [3.05, 3.63) is 18.2 Å². The van der Waals surface area contributed by atoms with Gasteiger partial charge in [0.05, 0.1) is 18.1 Å². The van der Waals surface area contributed by atoms with Crippen LogP contribution in [0.15, 0.2) is 12.5 Å². The molecule has 0 amide bonds. The van der Waals surface area contributed by atoms with Crippen LogP contribution in [0.4, 0.5) is 0 Å². The zero-order chi connectivity index (χ0) is 14.3. The Morgan fingerprint density at radius 2 is 2.05 bits per heavy atom. The van der Waals surface area contributed by atoms with Crippen LogP contribution in [0.2, 0.25) is 0 Å². The fraction of sp³-hybridized carbons (Fsp3) is 0.800. The Bertz CT molecular complexity index is 353. The Morgan fingerprint density at radius 3 is 2.68 bits per heavy atom. The van der Waals surface area contributed by atoms with Crippen LogP contribution < -0.4 is 5.32 Å². The number of unbranched alkanes of at least 4 members (excludes halogenated alkanes) is 1. The minimum Gasteiger partial charge on any atom is -0.379 e. The molecule has 4 heteroatoms. The van der Waals surface area contributed by atoms with Crippen molar-refractivity contribution < 1.29 is 4.74 Å². The molecule has 1 aromatic rings. The Hall–Kier alpha value is -0.870. The van der Waals surface area contributed by atoms with E-state index >= 15 is 0 Å². The lowest BCUT2D eigenvalue weighted by atomic mass is 10.1. The normalized spacial score (nSPS) is 12.3. The van der Waals surface area contributed by atoms with E-state index in [1.165, 1.54) is 5.69 Å². The molecule has 0 aromatic carbocycles. The van der Waals surface area contributed by atoms with E-state index < -0.39 is 0 Å². The molecule has 1 heterocycles. The molecule has 0 aliphatic rings. The molecule has 19 heavy (non-hydrogen) atoms. The SMILES string of the molecule is CC(C)OCCCCn1cncc1CNC(C)(C)C. The first-order valence-electron chi connectivity index (χ1n) is 7.24. The van der Waals surface area contributed by atoms with E-state index in [0.29, 0.717) is 6.10 Å². The molecule has 0 saturated heterocycles. The van der Waals surface area contributed by atoms with Crippen molar-refractivity contribution in [2.24, 2.45) is 0 Å².